The Morgan fingerprint density at radius 3 is 3.18 bits per heavy atom. The normalized spacial score (nSPS) is 24.2. The first-order valence-electron chi connectivity index (χ1n) is 8.10. The number of amides is 1. The van der Waals surface area contributed by atoms with Crippen molar-refractivity contribution in [1.82, 2.24) is 20.1 Å². The lowest BCUT2D eigenvalue weighted by atomic mass is 10.1. The van der Waals surface area contributed by atoms with E-state index in [4.69, 9.17) is 9.47 Å². The Morgan fingerprint density at radius 2 is 2.36 bits per heavy atom. The molecule has 2 atom stereocenters. The number of hydrogen-bond acceptors (Lipinski definition) is 5. The van der Waals surface area contributed by atoms with Gasteiger partial charge in [-0.05, 0) is 26.2 Å². The van der Waals surface area contributed by atoms with Crippen LogP contribution in [-0.4, -0.2) is 52.6 Å². The quantitative estimate of drug-likeness (QED) is 0.779. The SMILES string of the molecule is Cc1nnc2n1C[C@@H](NC(=O)CCOC[C@H]1CCCO1)CC2. The van der Waals surface area contributed by atoms with Crippen molar-refractivity contribution in [3.63, 3.8) is 0 Å². The molecule has 0 unspecified atom stereocenters. The molecule has 0 aromatic carbocycles. The maximum Gasteiger partial charge on any atom is 0.222 e. The average Bonchev–Trinajstić information content (AvgIpc) is 3.14. The number of fused-ring (bicyclic) bond motifs is 1. The summed E-state index contributed by atoms with van der Waals surface area (Å²) in [7, 11) is 0. The fraction of sp³-hybridized carbons (Fsp3) is 0.800. The van der Waals surface area contributed by atoms with Crippen LogP contribution in [0.25, 0.3) is 0 Å². The molecule has 0 bridgehead atoms. The van der Waals surface area contributed by atoms with E-state index in [1.807, 2.05) is 6.92 Å². The molecule has 0 aliphatic carbocycles. The number of hydrogen-bond donors (Lipinski definition) is 1. The molecule has 0 spiro atoms. The van der Waals surface area contributed by atoms with Crippen molar-refractivity contribution in [2.45, 2.75) is 57.7 Å². The zero-order chi connectivity index (χ0) is 15.4. The molecular formula is C15H24N4O3. The van der Waals surface area contributed by atoms with Crippen molar-refractivity contribution in [2.24, 2.45) is 0 Å². The summed E-state index contributed by atoms with van der Waals surface area (Å²) in [6, 6.07) is 0.160. The molecule has 1 saturated heterocycles. The monoisotopic (exact) mass is 308 g/mol. The fourth-order valence-electron chi connectivity index (χ4n) is 3.04. The first-order valence-corrected chi connectivity index (χ1v) is 8.10. The minimum absolute atomic E-state index is 0.0477. The van der Waals surface area contributed by atoms with Crippen LogP contribution in [0.2, 0.25) is 0 Å². The molecule has 22 heavy (non-hydrogen) atoms. The highest BCUT2D eigenvalue weighted by Crippen LogP contribution is 2.15. The Kier molecular flexibility index (Phi) is 5.04. The molecule has 1 fully saturated rings. The number of carbonyl (C=O) groups excluding carboxylic acids is 1. The topological polar surface area (TPSA) is 78.3 Å². The summed E-state index contributed by atoms with van der Waals surface area (Å²) >= 11 is 0. The maximum atomic E-state index is 12.0. The summed E-state index contributed by atoms with van der Waals surface area (Å²) in [5.74, 6) is 1.98. The van der Waals surface area contributed by atoms with E-state index in [-0.39, 0.29) is 18.1 Å². The number of nitrogens with zero attached hydrogens (tertiary/aromatic N) is 3. The van der Waals surface area contributed by atoms with Crippen LogP contribution < -0.4 is 5.32 Å². The van der Waals surface area contributed by atoms with E-state index in [0.29, 0.717) is 19.6 Å². The second kappa shape index (κ2) is 7.19. The summed E-state index contributed by atoms with van der Waals surface area (Å²) in [5.41, 5.74) is 0. The molecule has 122 valence electrons. The van der Waals surface area contributed by atoms with Gasteiger partial charge in [0.1, 0.15) is 11.6 Å². The molecule has 1 aromatic rings. The van der Waals surface area contributed by atoms with Crippen LogP contribution in [-0.2, 0) is 27.2 Å². The van der Waals surface area contributed by atoms with Gasteiger partial charge in [0.05, 0.1) is 19.3 Å². The molecule has 2 aliphatic heterocycles. The van der Waals surface area contributed by atoms with Crippen LogP contribution in [0.5, 0.6) is 0 Å². The highest BCUT2D eigenvalue weighted by Gasteiger charge is 2.22. The highest BCUT2D eigenvalue weighted by molar-refractivity contribution is 5.76. The molecule has 3 rings (SSSR count). The van der Waals surface area contributed by atoms with Gasteiger partial charge in [-0.15, -0.1) is 10.2 Å². The molecule has 7 heteroatoms. The lowest BCUT2D eigenvalue weighted by Gasteiger charge is -2.25. The van der Waals surface area contributed by atoms with E-state index in [9.17, 15) is 4.79 Å². The van der Waals surface area contributed by atoms with Gasteiger partial charge >= 0.3 is 0 Å². The number of ether oxygens (including phenoxy) is 2. The minimum Gasteiger partial charge on any atom is -0.378 e. The van der Waals surface area contributed by atoms with Gasteiger partial charge in [-0.1, -0.05) is 0 Å². The number of rotatable bonds is 6. The average molecular weight is 308 g/mol. The highest BCUT2D eigenvalue weighted by atomic mass is 16.5. The van der Waals surface area contributed by atoms with Gasteiger partial charge in [0, 0.05) is 32.0 Å². The van der Waals surface area contributed by atoms with Crippen molar-refractivity contribution >= 4 is 5.91 Å². The van der Waals surface area contributed by atoms with E-state index >= 15 is 0 Å². The Hall–Kier alpha value is -1.47. The minimum atomic E-state index is 0.0477. The van der Waals surface area contributed by atoms with Crippen LogP contribution in [0, 0.1) is 6.92 Å². The molecule has 0 saturated carbocycles. The Balaban J connectivity index is 1.34. The summed E-state index contributed by atoms with van der Waals surface area (Å²) in [6.07, 6.45) is 4.57. The second-order valence-corrected chi connectivity index (χ2v) is 6.04. The summed E-state index contributed by atoms with van der Waals surface area (Å²) in [5, 5.41) is 11.3. The van der Waals surface area contributed by atoms with Gasteiger partial charge < -0.3 is 19.4 Å². The summed E-state index contributed by atoms with van der Waals surface area (Å²) in [4.78, 5) is 12.0. The third-order valence-corrected chi connectivity index (χ3v) is 4.30. The molecule has 1 aromatic heterocycles. The third kappa shape index (κ3) is 3.84. The summed E-state index contributed by atoms with van der Waals surface area (Å²) < 4.78 is 13.1. The predicted octanol–water partition coefficient (Wildman–Crippen LogP) is 0.603. The fourth-order valence-corrected chi connectivity index (χ4v) is 3.04. The van der Waals surface area contributed by atoms with Gasteiger partial charge in [-0.3, -0.25) is 4.79 Å². The van der Waals surface area contributed by atoms with Gasteiger partial charge in [-0.2, -0.15) is 0 Å². The molecule has 1 amide bonds. The van der Waals surface area contributed by atoms with Crippen molar-refractivity contribution in [1.29, 1.82) is 0 Å². The second-order valence-electron chi connectivity index (χ2n) is 6.04. The third-order valence-electron chi connectivity index (χ3n) is 4.30. The van der Waals surface area contributed by atoms with Crippen LogP contribution in [0.4, 0.5) is 0 Å². The molecular weight excluding hydrogens is 284 g/mol. The van der Waals surface area contributed by atoms with Crippen LogP contribution in [0.1, 0.15) is 37.3 Å². The van der Waals surface area contributed by atoms with Gasteiger partial charge in [-0.25, -0.2) is 0 Å². The van der Waals surface area contributed by atoms with Crippen LogP contribution >= 0.6 is 0 Å². The number of aromatic nitrogens is 3. The summed E-state index contributed by atoms with van der Waals surface area (Å²) in [6.45, 7) is 4.59. The van der Waals surface area contributed by atoms with E-state index < -0.39 is 0 Å². The molecule has 7 nitrogen and oxygen atoms in total. The molecule has 0 radical (unpaired) electrons. The van der Waals surface area contributed by atoms with Crippen molar-refractivity contribution in [3.8, 4) is 0 Å². The maximum absolute atomic E-state index is 12.0. The van der Waals surface area contributed by atoms with Crippen molar-refractivity contribution < 1.29 is 14.3 Å². The van der Waals surface area contributed by atoms with Crippen molar-refractivity contribution in [3.05, 3.63) is 11.6 Å². The smallest absolute Gasteiger partial charge is 0.222 e. The standard InChI is InChI=1S/C15H24N4O3/c1-11-17-18-14-5-4-12(9-19(11)14)16-15(20)6-8-21-10-13-3-2-7-22-13/h12-13H,2-10H2,1H3,(H,16,20)/t12-,13+/m0/s1. The van der Waals surface area contributed by atoms with Crippen molar-refractivity contribution in [2.75, 3.05) is 19.8 Å². The first-order chi connectivity index (χ1) is 10.7. The zero-order valence-corrected chi connectivity index (χ0v) is 13.1. The Morgan fingerprint density at radius 1 is 1.45 bits per heavy atom. The first kappa shape index (κ1) is 15.4. The predicted molar refractivity (Wildman–Crippen MR) is 79.4 cm³/mol. The van der Waals surface area contributed by atoms with E-state index in [1.54, 1.807) is 0 Å². The molecule has 1 N–H and O–H groups in total. The van der Waals surface area contributed by atoms with Crippen LogP contribution in [0.3, 0.4) is 0 Å². The van der Waals surface area contributed by atoms with Crippen LogP contribution in [0.15, 0.2) is 0 Å². The number of nitrogens with one attached hydrogen (secondary N) is 1. The van der Waals surface area contributed by atoms with E-state index in [1.165, 1.54) is 0 Å². The molecule has 2 aliphatic rings. The molecule has 3 heterocycles. The number of carbonyl (C=O) groups is 1. The lowest BCUT2D eigenvalue weighted by Crippen LogP contribution is -2.41. The largest absolute Gasteiger partial charge is 0.378 e. The Labute approximate surface area is 130 Å². The number of aryl methyl sites for hydroxylation is 2. The zero-order valence-electron chi connectivity index (χ0n) is 13.1. The van der Waals surface area contributed by atoms with E-state index in [0.717, 1.165) is 50.5 Å². The lowest BCUT2D eigenvalue weighted by molar-refractivity contribution is -0.123. The van der Waals surface area contributed by atoms with Gasteiger partial charge in [0.25, 0.3) is 0 Å². The Bertz CT molecular complexity index is 511. The van der Waals surface area contributed by atoms with Gasteiger partial charge in [0.2, 0.25) is 5.91 Å². The van der Waals surface area contributed by atoms with Gasteiger partial charge in [0.15, 0.2) is 0 Å². The van der Waals surface area contributed by atoms with E-state index in [2.05, 4.69) is 20.1 Å².